The van der Waals surface area contributed by atoms with E-state index in [4.69, 9.17) is 0 Å². The predicted molar refractivity (Wildman–Crippen MR) is 70.5 cm³/mol. The minimum Gasteiger partial charge on any atom is -0.343 e. The molecule has 2 heterocycles. The van der Waals surface area contributed by atoms with Gasteiger partial charge in [-0.3, -0.25) is 19.4 Å². The lowest BCUT2D eigenvalue weighted by Crippen LogP contribution is -2.28. The van der Waals surface area contributed by atoms with Crippen LogP contribution in [-0.2, 0) is 0 Å². The Hall–Kier alpha value is -2.76. The van der Waals surface area contributed by atoms with E-state index in [0.29, 0.717) is 16.8 Å². The largest absolute Gasteiger partial charge is 0.343 e. The molecule has 0 saturated carbocycles. The Labute approximate surface area is 113 Å². The molecule has 1 unspecified atom stereocenters. The maximum absolute atomic E-state index is 12.1. The zero-order valence-electron chi connectivity index (χ0n) is 10.4. The number of hydrogen-bond donors (Lipinski definition) is 2. The molecule has 1 atom stereocenters. The average molecular weight is 269 g/mol. The van der Waals surface area contributed by atoms with Gasteiger partial charge in [-0.15, -0.1) is 0 Å². The molecular weight excluding hydrogens is 258 g/mol. The number of rotatable bonds is 2. The van der Waals surface area contributed by atoms with Gasteiger partial charge in [0.2, 0.25) is 5.56 Å². The molecule has 20 heavy (non-hydrogen) atoms. The summed E-state index contributed by atoms with van der Waals surface area (Å²) in [6.07, 6.45) is 3.14. The van der Waals surface area contributed by atoms with Gasteiger partial charge < -0.3 is 10.3 Å². The van der Waals surface area contributed by atoms with Gasteiger partial charge in [-0.1, -0.05) is 0 Å². The lowest BCUT2D eigenvalue weighted by atomic mass is 10.2. The van der Waals surface area contributed by atoms with E-state index in [9.17, 15) is 14.4 Å². The third kappa shape index (κ3) is 2.11. The summed E-state index contributed by atoms with van der Waals surface area (Å²) >= 11 is 0. The fraction of sp³-hybridized carbons (Fsp3) is 0.143. The van der Waals surface area contributed by atoms with Crippen LogP contribution in [0.25, 0.3) is 0 Å². The highest BCUT2D eigenvalue weighted by molar-refractivity contribution is 6.02. The van der Waals surface area contributed by atoms with Crippen molar-refractivity contribution < 1.29 is 9.59 Å². The van der Waals surface area contributed by atoms with Crippen molar-refractivity contribution in [3.05, 3.63) is 63.8 Å². The van der Waals surface area contributed by atoms with Crippen LogP contribution in [0.4, 0.5) is 0 Å². The number of carbonyl (C=O) groups excluding carboxylic acids is 2. The van der Waals surface area contributed by atoms with Crippen LogP contribution in [0.1, 0.15) is 38.9 Å². The first-order valence-electron chi connectivity index (χ1n) is 6.13. The molecule has 0 radical (unpaired) electrons. The topological polar surface area (TPSA) is 91.9 Å². The normalized spacial score (nSPS) is 16.8. The molecule has 1 aliphatic rings. The molecule has 0 saturated heterocycles. The quantitative estimate of drug-likeness (QED) is 0.844. The first kappa shape index (κ1) is 12.3. The number of carbonyl (C=O) groups is 2. The van der Waals surface area contributed by atoms with Crippen molar-refractivity contribution >= 4 is 11.7 Å². The molecule has 2 N–H and O–H groups in total. The van der Waals surface area contributed by atoms with Gasteiger partial charge >= 0.3 is 0 Å². The zero-order chi connectivity index (χ0) is 14.1. The molecule has 1 amide bonds. The number of Topliss-reactive ketones (excluding diaryl/α,β-unsaturated/α-hetero) is 1. The van der Waals surface area contributed by atoms with Crippen molar-refractivity contribution in [2.24, 2.45) is 0 Å². The van der Waals surface area contributed by atoms with Gasteiger partial charge in [-0.05, 0) is 18.2 Å². The molecule has 6 nitrogen and oxygen atoms in total. The number of aromatic amines is 1. The highest BCUT2D eigenvalue weighted by Crippen LogP contribution is 2.28. The Morgan fingerprint density at radius 2 is 2.15 bits per heavy atom. The van der Waals surface area contributed by atoms with Crippen molar-refractivity contribution in [3.8, 4) is 0 Å². The number of fused-ring (bicyclic) bond motifs is 1. The number of aromatic nitrogens is 2. The van der Waals surface area contributed by atoms with Gasteiger partial charge in [0, 0.05) is 30.4 Å². The maximum atomic E-state index is 12.1. The molecular formula is C14H11N3O3. The van der Waals surface area contributed by atoms with Crippen LogP contribution in [0.2, 0.25) is 0 Å². The summed E-state index contributed by atoms with van der Waals surface area (Å²) in [5.74, 6) is -0.377. The highest BCUT2D eigenvalue weighted by Gasteiger charge is 2.31. The molecule has 0 fully saturated rings. The van der Waals surface area contributed by atoms with Crippen molar-refractivity contribution in [2.45, 2.75) is 12.5 Å². The van der Waals surface area contributed by atoms with Crippen molar-refractivity contribution in [1.82, 2.24) is 15.3 Å². The SMILES string of the molecule is O=C(NC1CC(=O)c2cccnc21)c1ccc(=O)[nH]c1. The van der Waals surface area contributed by atoms with Crippen LogP contribution in [0.15, 0.2) is 41.5 Å². The smallest absolute Gasteiger partial charge is 0.253 e. The monoisotopic (exact) mass is 269 g/mol. The molecule has 0 bridgehead atoms. The summed E-state index contributed by atoms with van der Waals surface area (Å²) in [5.41, 5.74) is 1.21. The second-order valence-corrected chi connectivity index (χ2v) is 4.53. The number of nitrogens with zero attached hydrogens (tertiary/aromatic N) is 1. The van der Waals surface area contributed by atoms with Crippen LogP contribution in [0.5, 0.6) is 0 Å². The Morgan fingerprint density at radius 1 is 1.30 bits per heavy atom. The Bertz CT molecular complexity index is 731. The second-order valence-electron chi connectivity index (χ2n) is 4.53. The summed E-state index contributed by atoms with van der Waals surface area (Å²) in [6, 6.07) is 5.70. The fourth-order valence-electron chi connectivity index (χ4n) is 2.24. The molecule has 0 aliphatic heterocycles. The van der Waals surface area contributed by atoms with Gasteiger partial charge in [0.1, 0.15) is 0 Å². The number of hydrogen-bond acceptors (Lipinski definition) is 4. The highest BCUT2D eigenvalue weighted by atomic mass is 16.2. The predicted octanol–water partition coefficient (Wildman–Crippen LogP) is 0.827. The number of nitrogens with one attached hydrogen (secondary N) is 2. The molecule has 6 heteroatoms. The van der Waals surface area contributed by atoms with Gasteiger partial charge in [0.25, 0.3) is 5.91 Å². The van der Waals surface area contributed by atoms with Crippen LogP contribution in [-0.4, -0.2) is 21.7 Å². The van der Waals surface area contributed by atoms with E-state index < -0.39 is 6.04 Å². The molecule has 0 aromatic carbocycles. The Kier molecular flexibility index (Phi) is 2.90. The summed E-state index contributed by atoms with van der Waals surface area (Å²) < 4.78 is 0. The minimum absolute atomic E-state index is 0.0279. The molecule has 3 rings (SSSR count). The van der Waals surface area contributed by atoms with E-state index in [1.165, 1.54) is 18.3 Å². The number of ketones is 1. The van der Waals surface area contributed by atoms with E-state index in [1.807, 2.05) is 0 Å². The lowest BCUT2D eigenvalue weighted by Gasteiger charge is -2.12. The van der Waals surface area contributed by atoms with Crippen molar-refractivity contribution in [3.63, 3.8) is 0 Å². The van der Waals surface area contributed by atoms with Crippen molar-refractivity contribution in [1.29, 1.82) is 0 Å². The molecule has 2 aromatic heterocycles. The van der Waals surface area contributed by atoms with E-state index in [1.54, 1.807) is 18.3 Å². The minimum atomic E-state index is -0.418. The second kappa shape index (κ2) is 4.73. The average Bonchev–Trinajstić information content (AvgIpc) is 2.77. The lowest BCUT2D eigenvalue weighted by molar-refractivity contribution is 0.0924. The van der Waals surface area contributed by atoms with Crippen LogP contribution in [0, 0.1) is 0 Å². The van der Waals surface area contributed by atoms with E-state index in [2.05, 4.69) is 15.3 Å². The summed E-state index contributed by atoms with van der Waals surface area (Å²) in [6.45, 7) is 0. The van der Waals surface area contributed by atoms with E-state index >= 15 is 0 Å². The number of pyridine rings is 2. The number of amides is 1. The van der Waals surface area contributed by atoms with E-state index in [0.717, 1.165) is 0 Å². The van der Waals surface area contributed by atoms with Crippen LogP contribution in [0.3, 0.4) is 0 Å². The molecule has 0 spiro atoms. The van der Waals surface area contributed by atoms with Crippen LogP contribution < -0.4 is 10.9 Å². The van der Waals surface area contributed by atoms with Gasteiger partial charge in [0.05, 0.1) is 17.3 Å². The Morgan fingerprint density at radius 3 is 2.90 bits per heavy atom. The third-order valence-corrected chi connectivity index (χ3v) is 3.21. The van der Waals surface area contributed by atoms with Gasteiger partial charge in [-0.2, -0.15) is 0 Å². The summed E-state index contributed by atoms with van der Waals surface area (Å²) in [5, 5.41) is 2.76. The van der Waals surface area contributed by atoms with Gasteiger partial charge in [-0.25, -0.2) is 0 Å². The first-order chi connectivity index (χ1) is 9.65. The molecule has 100 valence electrons. The van der Waals surface area contributed by atoms with E-state index in [-0.39, 0.29) is 23.7 Å². The maximum Gasteiger partial charge on any atom is 0.253 e. The van der Waals surface area contributed by atoms with Crippen molar-refractivity contribution in [2.75, 3.05) is 0 Å². The summed E-state index contributed by atoms with van der Waals surface area (Å²) in [7, 11) is 0. The standard InChI is InChI=1S/C14H11N3O3/c18-11-6-10(13-9(11)2-1-5-15-13)17-14(20)8-3-4-12(19)16-7-8/h1-5,7,10H,6H2,(H,16,19)(H,17,20). The van der Waals surface area contributed by atoms with Gasteiger partial charge in [0.15, 0.2) is 5.78 Å². The fourth-order valence-corrected chi connectivity index (χ4v) is 2.24. The van der Waals surface area contributed by atoms with Crippen LogP contribution >= 0.6 is 0 Å². The molecule has 2 aromatic rings. The summed E-state index contributed by atoms with van der Waals surface area (Å²) in [4.78, 5) is 41.4. The third-order valence-electron chi connectivity index (χ3n) is 3.21. The zero-order valence-corrected chi connectivity index (χ0v) is 10.4. The Balaban J connectivity index is 1.83. The molecule has 1 aliphatic carbocycles. The first-order valence-corrected chi connectivity index (χ1v) is 6.13. The number of H-pyrrole nitrogens is 1.